The van der Waals surface area contributed by atoms with E-state index in [9.17, 15) is 9.59 Å². The highest BCUT2D eigenvalue weighted by Crippen LogP contribution is 2.18. The zero-order chi connectivity index (χ0) is 13.0. The van der Waals surface area contributed by atoms with E-state index in [2.05, 4.69) is 15.6 Å². The third-order valence-corrected chi connectivity index (χ3v) is 2.84. The van der Waals surface area contributed by atoms with Gasteiger partial charge in [-0.15, -0.1) is 0 Å². The van der Waals surface area contributed by atoms with E-state index < -0.39 is 0 Å². The molecule has 0 aliphatic heterocycles. The van der Waals surface area contributed by atoms with Gasteiger partial charge in [0.05, 0.1) is 0 Å². The zero-order valence-electron chi connectivity index (χ0n) is 10.5. The molecule has 1 amide bonds. The number of hydrogen-bond acceptors (Lipinski definition) is 4. The Bertz CT molecular complexity index is 479. The third-order valence-electron chi connectivity index (χ3n) is 2.84. The average molecular weight is 250 g/mol. The maximum atomic E-state index is 11.8. The zero-order valence-corrected chi connectivity index (χ0v) is 10.5. The fraction of sp³-hybridized carbons (Fsp3) is 0.583. The molecular weight excluding hydrogens is 232 g/mol. The lowest BCUT2D eigenvalue weighted by molar-refractivity contribution is -0.120. The highest BCUT2D eigenvalue weighted by atomic mass is 16.1. The lowest BCUT2D eigenvalue weighted by atomic mass is 10.4. The van der Waals surface area contributed by atoms with Crippen LogP contribution in [0.1, 0.15) is 26.2 Å². The first-order chi connectivity index (χ1) is 8.70. The minimum absolute atomic E-state index is 0.0248. The van der Waals surface area contributed by atoms with E-state index in [1.165, 1.54) is 0 Å². The number of hydrogen-bond donors (Lipinski definition) is 2. The van der Waals surface area contributed by atoms with Crippen molar-refractivity contribution in [3.63, 3.8) is 0 Å². The molecule has 0 saturated heterocycles. The fourth-order valence-corrected chi connectivity index (χ4v) is 1.64. The summed E-state index contributed by atoms with van der Waals surface area (Å²) in [6, 6.07) is 0.379. The van der Waals surface area contributed by atoms with Gasteiger partial charge in [-0.25, -0.2) is 4.98 Å². The number of aryl methyl sites for hydroxylation is 1. The van der Waals surface area contributed by atoms with E-state index in [1.54, 1.807) is 17.0 Å². The molecular formula is C12H18N4O2. The Hall–Kier alpha value is -1.85. The Morgan fingerprint density at radius 3 is 3.00 bits per heavy atom. The second kappa shape index (κ2) is 5.66. The minimum atomic E-state index is -0.150. The van der Waals surface area contributed by atoms with Crippen LogP contribution >= 0.6 is 0 Å². The summed E-state index contributed by atoms with van der Waals surface area (Å²) in [6.07, 6.45) is 5.75. The molecule has 0 atom stereocenters. The van der Waals surface area contributed by atoms with E-state index in [0.29, 0.717) is 31.4 Å². The molecule has 0 unspecified atom stereocenters. The fourth-order valence-electron chi connectivity index (χ4n) is 1.64. The van der Waals surface area contributed by atoms with Gasteiger partial charge in [-0.1, -0.05) is 0 Å². The number of aromatic nitrogens is 2. The summed E-state index contributed by atoms with van der Waals surface area (Å²) in [7, 11) is 0. The van der Waals surface area contributed by atoms with Crippen molar-refractivity contribution in [2.24, 2.45) is 0 Å². The Labute approximate surface area is 105 Å². The van der Waals surface area contributed by atoms with Crippen LogP contribution in [0.2, 0.25) is 0 Å². The van der Waals surface area contributed by atoms with E-state index in [0.717, 1.165) is 12.8 Å². The van der Waals surface area contributed by atoms with Crippen molar-refractivity contribution >= 4 is 11.7 Å². The third kappa shape index (κ3) is 3.32. The van der Waals surface area contributed by atoms with Gasteiger partial charge < -0.3 is 15.2 Å². The number of carbonyl (C=O) groups is 1. The van der Waals surface area contributed by atoms with E-state index in [1.807, 2.05) is 6.92 Å². The molecule has 98 valence electrons. The van der Waals surface area contributed by atoms with Gasteiger partial charge in [0.25, 0.3) is 5.56 Å². The van der Waals surface area contributed by atoms with Crippen molar-refractivity contribution in [1.82, 2.24) is 14.9 Å². The second-order valence-electron chi connectivity index (χ2n) is 4.39. The Morgan fingerprint density at radius 1 is 1.56 bits per heavy atom. The van der Waals surface area contributed by atoms with Gasteiger partial charge in [-0.2, -0.15) is 0 Å². The molecule has 0 radical (unpaired) electrons. The smallest absolute Gasteiger partial charge is 0.293 e. The van der Waals surface area contributed by atoms with Crippen LogP contribution < -0.4 is 16.2 Å². The molecule has 6 heteroatoms. The first-order valence-corrected chi connectivity index (χ1v) is 6.29. The largest absolute Gasteiger partial charge is 0.365 e. The summed E-state index contributed by atoms with van der Waals surface area (Å²) in [4.78, 5) is 27.2. The molecule has 2 N–H and O–H groups in total. The SMILES string of the molecule is CCn1ccnc(NCCC(=O)NC2CC2)c1=O. The molecule has 1 aromatic rings. The van der Waals surface area contributed by atoms with Crippen LogP contribution in [0.4, 0.5) is 5.82 Å². The van der Waals surface area contributed by atoms with Crippen LogP contribution in [0.15, 0.2) is 17.2 Å². The summed E-state index contributed by atoms with van der Waals surface area (Å²) in [5.41, 5.74) is -0.150. The maximum Gasteiger partial charge on any atom is 0.293 e. The molecule has 18 heavy (non-hydrogen) atoms. The van der Waals surface area contributed by atoms with Crippen LogP contribution in [0, 0.1) is 0 Å². The van der Waals surface area contributed by atoms with Crippen molar-refractivity contribution in [2.75, 3.05) is 11.9 Å². The lowest BCUT2D eigenvalue weighted by Gasteiger charge is -2.07. The molecule has 0 bridgehead atoms. The van der Waals surface area contributed by atoms with Gasteiger partial charge in [-0.05, 0) is 19.8 Å². The number of rotatable bonds is 6. The summed E-state index contributed by atoms with van der Waals surface area (Å²) in [6.45, 7) is 2.93. The Balaban J connectivity index is 1.82. The van der Waals surface area contributed by atoms with Crippen LogP contribution in [0.25, 0.3) is 0 Å². The van der Waals surface area contributed by atoms with Gasteiger partial charge in [0, 0.05) is 37.9 Å². The second-order valence-corrected chi connectivity index (χ2v) is 4.39. The van der Waals surface area contributed by atoms with Gasteiger partial charge in [0.2, 0.25) is 5.91 Å². The first-order valence-electron chi connectivity index (χ1n) is 6.29. The van der Waals surface area contributed by atoms with Crippen molar-refractivity contribution in [3.8, 4) is 0 Å². The Morgan fingerprint density at radius 2 is 2.33 bits per heavy atom. The van der Waals surface area contributed by atoms with Crippen LogP contribution in [0.3, 0.4) is 0 Å². The summed E-state index contributed by atoms with van der Waals surface area (Å²) in [5.74, 6) is 0.329. The highest BCUT2D eigenvalue weighted by molar-refractivity contribution is 5.77. The first kappa shape index (κ1) is 12.6. The van der Waals surface area contributed by atoms with Crippen LogP contribution in [0.5, 0.6) is 0 Å². The summed E-state index contributed by atoms with van der Waals surface area (Å²) < 4.78 is 1.57. The maximum absolute atomic E-state index is 11.8. The van der Waals surface area contributed by atoms with Gasteiger partial charge >= 0.3 is 0 Å². The molecule has 2 rings (SSSR count). The summed E-state index contributed by atoms with van der Waals surface area (Å²) in [5, 5.41) is 5.80. The summed E-state index contributed by atoms with van der Waals surface area (Å²) >= 11 is 0. The van der Waals surface area contributed by atoms with Crippen molar-refractivity contribution in [1.29, 1.82) is 0 Å². The van der Waals surface area contributed by atoms with E-state index >= 15 is 0 Å². The van der Waals surface area contributed by atoms with Gasteiger partial charge in [0.1, 0.15) is 0 Å². The average Bonchev–Trinajstić information content (AvgIpc) is 3.15. The van der Waals surface area contributed by atoms with Crippen LogP contribution in [-0.4, -0.2) is 28.0 Å². The van der Waals surface area contributed by atoms with E-state index in [-0.39, 0.29) is 11.5 Å². The number of carbonyl (C=O) groups excluding carboxylic acids is 1. The standard InChI is InChI=1S/C12H18N4O2/c1-2-16-8-7-14-11(12(16)18)13-6-5-10(17)15-9-3-4-9/h7-9H,2-6H2,1H3,(H,13,14)(H,15,17). The van der Waals surface area contributed by atoms with Crippen molar-refractivity contribution in [3.05, 3.63) is 22.7 Å². The lowest BCUT2D eigenvalue weighted by Crippen LogP contribution is -2.29. The molecule has 1 aliphatic carbocycles. The molecule has 6 nitrogen and oxygen atoms in total. The minimum Gasteiger partial charge on any atom is -0.365 e. The van der Waals surface area contributed by atoms with Crippen molar-refractivity contribution in [2.45, 2.75) is 38.8 Å². The highest BCUT2D eigenvalue weighted by Gasteiger charge is 2.22. The topological polar surface area (TPSA) is 76.0 Å². The van der Waals surface area contributed by atoms with E-state index in [4.69, 9.17) is 0 Å². The number of nitrogens with one attached hydrogen (secondary N) is 2. The molecule has 1 heterocycles. The number of anilines is 1. The predicted octanol–water partition coefficient (Wildman–Crippen LogP) is 0.344. The normalized spacial score (nSPS) is 14.3. The van der Waals surface area contributed by atoms with Crippen molar-refractivity contribution < 1.29 is 4.79 Å². The molecule has 0 aromatic carbocycles. The Kier molecular flexibility index (Phi) is 3.96. The number of nitrogens with zero attached hydrogens (tertiary/aromatic N) is 2. The molecule has 0 spiro atoms. The monoisotopic (exact) mass is 250 g/mol. The van der Waals surface area contributed by atoms with Gasteiger partial charge in [-0.3, -0.25) is 9.59 Å². The molecule has 1 saturated carbocycles. The molecule has 1 aromatic heterocycles. The van der Waals surface area contributed by atoms with Crippen LogP contribution in [-0.2, 0) is 11.3 Å². The van der Waals surface area contributed by atoms with Gasteiger partial charge in [0.15, 0.2) is 5.82 Å². The molecule has 1 aliphatic rings. The predicted molar refractivity (Wildman–Crippen MR) is 68.4 cm³/mol. The quantitative estimate of drug-likeness (QED) is 0.763. The molecule has 1 fully saturated rings. The number of amides is 1.